The number of carbonyl (C=O) groups excluding carboxylic acids is 1. The Morgan fingerprint density at radius 1 is 1.35 bits per heavy atom. The first-order valence-electron chi connectivity index (χ1n) is 6.72. The van der Waals surface area contributed by atoms with Crippen molar-refractivity contribution in [3.63, 3.8) is 0 Å². The molecule has 1 fully saturated rings. The largest absolute Gasteiger partial charge is 0.481 e. The smallest absolute Gasteiger partial charge is 0.305 e. The van der Waals surface area contributed by atoms with Crippen LogP contribution < -0.4 is 5.32 Å². The number of hydrogen-bond donors (Lipinski definition) is 2. The predicted molar refractivity (Wildman–Crippen MR) is 72.1 cm³/mol. The van der Waals surface area contributed by atoms with Crippen molar-refractivity contribution in [3.8, 4) is 0 Å². The van der Waals surface area contributed by atoms with Gasteiger partial charge in [0.15, 0.2) is 0 Å². The van der Waals surface area contributed by atoms with E-state index in [2.05, 4.69) is 5.32 Å². The molecule has 0 aromatic heterocycles. The highest BCUT2D eigenvalue weighted by atomic mass is 19.1. The zero-order valence-corrected chi connectivity index (χ0v) is 11.4. The summed E-state index contributed by atoms with van der Waals surface area (Å²) in [5, 5.41) is 11.8. The molecule has 1 saturated carbocycles. The quantitative estimate of drug-likeness (QED) is 0.890. The molecular formula is C15H18FNO3. The van der Waals surface area contributed by atoms with E-state index >= 15 is 0 Å². The number of aliphatic carboxylic acids is 1. The number of halogens is 1. The minimum absolute atomic E-state index is 0.0705. The minimum Gasteiger partial charge on any atom is -0.481 e. The van der Waals surface area contributed by atoms with E-state index in [9.17, 15) is 14.0 Å². The minimum atomic E-state index is -0.914. The van der Waals surface area contributed by atoms with Crippen LogP contribution in [0.15, 0.2) is 18.2 Å². The zero-order chi connectivity index (χ0) is 14.8. The van der Waals surface area contributed by atoms with Crippen molar-refractivity contribution in [2.45, 2.75) is 44.6 Å². The highest BCUT2D eigenvalue weighted by Crippen LogP contribution is 2.33. The molecule has 2 rings (SSSR count). The van der Waals surface area contributed by atoms with Crippen molar-refractivity contribution in [1.82, 2.24) is 5.32 Å². The van der Waals surface area contributed by atoms with Crippen molar-refractivity contribution < 1.29 is 19.1 Å². The number of carboxylic acids is 1. The first kappa shape index (κ1) is 14.5. The van der Waals surface area contributed by atoms with E-state index in [-0.39, 0.29) is 18.1 Å². The number of aryl methyl sites for hydroxylation is 1. The Balaban J connectivity index is 2.16. The van der Waals surface area contributed by atoms with Crippen LogP contribution in [0.1, 0.15) is 48.0 Å². The van der Waals surface area contributed by atoms with Crippen LogP contribution >= 0.6 is 0 Å². The Morgan fingerprint density at radius 2 is 2.00 bits per heavy atom. The summed E-state index contributed by atoms with van der Waals surface area (Å²) in [7, 11) is 0. The number of amides is 1. The van der Waals surface area contributed by atoms with Gasteiger partial charge in [-0.25, -0.2) is 4.39 Å². The molecule has 0 radical (unpaired) electrons. The fraction of sp³-hybridized carbons (Fsp3) is 0.467. The number of carboxylic acid groups (broad SMARTS) is 1. The second kappa shape index (κ2) is 5.61. The van der Waals surface area contributed by atoms with Gasteiger partial charge in [0.25, 0.3) is 5.91 Å². The SMILES string of the molecule is Cc1cc(C(=O)NC2(CC(=O)O)CCCC2)ccc1F. The fourth-order valence-corrected chi connectivity index (χ4v) is 2.79. The summed E-state index contributed by atoms with van der Waals surface area (Å²) in [6.07, 6.45) is 3.10. The van der Waals surface area contributed by atoms with E-state index in [4.69, 9.17) is 5.11 Å². The molecule has 0 atom stereocenters. The molecule has 0 unspecified atom stereocenters. The van der Waals surface area contributed by atoms with Crippen LogP contribution in [0.4, 0.5) is 4.39 Å². The van der Waals surface area contributed by atoms with Gasteiger partial charge in [-0.15, -0.1) is 0 Å². The Morgan fingerprint density at radius 3 is 2.55 bits per heavy atom. The molecule has 1 aromatic carbocycles. The lowest BCUT2D eigenvalue weighted by atomic mass is 9.92. The molecule has 1 aromatic rings. The Labute approximate surface area is 117 Å². The first-order valence-corrected chi connectivity index (χ1v) is 6.72. The second-order valence-corrected chi connectivity index (χ2v) is 5.48. The predicted octanol–water partition coefficient (Wildman–Crippen LogP) is 2.65. The third-order valence-electron chi connectivity index (χ3n) is 3.85. The summed E-state index contributed by atoms with van der Waals surface area (Å²) in [6.45, 7) is 1.59. The zero-order valence-electron chi connectivity index (χ0n) is 11.4. The molecule has 0 aliphatic heterocycles. The van der Waals surface area contributed by atoms with Gasteiger partial charge >= 0.3 is 5.97 Å². The van der Waals surface area contributed by atoms with Gasteiger partial charge in [-0.3, -0.25) is 9.59 Å². The molecule has 5 heteroatoms. The van der Waals surface area contributed by atoms with E-state index in [1.807, 2.05) is 0 Å². The molecule has 0 heterocycles. The van der Waals surface area contributed by atoms with E-state index < -0.39 is 11.5 Å². The summed E-state index contributed by atoms with van der Waals surface area (Å²) >= 11 is 0. The fourth-order valence-electron chi connectivity index (χ4n) is 2.79. The maximum absolute atomic E-state index is 13.2. The highest BCUT2D eigenvalue weighted by Gasteiger charge is 2.37. The van der Waals surface area contributed by atoms with Crippen LogP contribution in [0.5, 0.6) is 0 Å². The first-order chi connectivity index (χ1) is 9.42. The van der Waals surface area contributed by atoms with Crippen molar-refractivity contribution in [1.29, 1.82) is 0 Å². The van der Waals surface area contributed by atoms with E-state index in [1.165, 1.54) is 18.2 Å². The van der Waals surface area contributed by atoms with E-state index in [0.29, 0.717) is 24.0 Å². The van der Waals surface area contributed by atoms with Crippen LogP contribution in [0, 0.1) is 12.7 Å². The molecule has 4 nitrogen and oxygen atoms in total. The van der Waals surface area contributed by atoms with Crippen LogP contribution in [-0.2, 0) is 4.79 Å². The summed E-state index contributed by atoms with van der Waals surface area (Å²) in [6, 6.07) is 4.15. The number of hydrogen-bond acceptors (Lipinski definition) is 2. The number of nitrogens with one attached hydrogen (secondary N) is 1. The van der Waals surface area contributed by atoms with E-state index in [1.54, 1.807) is 6.92 Å². The Bertz CT molecular complexity index is 536. The van der Waals surface area contributed by atoms with Gasteiger partial charge in [-0.05, 0) is 43.5 Å². The summed E-state index contributed by atoms with van der Waals surface area (Å²) in [5.41, 5.74) is 0.0995. The summed E-state index contributed by atoms with van der Waals surface area (Å²) in [4.78, 5) is 23.2. The van der Waals surface area contributed by atoms with Crippen LogP contribution in [-0.4, -0.2) is 22.5 Å². The lowest BCUT2D eigenvalue weighted by Gasteiger charge is -2.28. The van der Waals surface area contributed by atoms with Gasteiger partial charge in [0.1, 0.15) is 5.82 Å². The van der Waals surface area contributed by atoms with Gasteiger partial charge in [0.2, 0.25) is 0 Å². The third-order valence-corrected chi connectivity index (χ3v) is 3.85. The van der Waals surface area contributed by atoms with Crippen molar-refractivity contribution in [3.05, 3.63) is 35.1 Å². The number of rotatable bonds is 4. The molecule has 1 aliphatic carbocycles. The Kier molecular flexibility index (Phi) is 4.06. The molecule has 0 saturated heterocycles. The van der Waals surface area contributed by atoms with Gasteiger partial charge < -0.3 is 10.4 Å². The molecule has 20 heavy (non-hydrogen) atoms. The van der Waals surface area contributed by atoms with Gasteiger partial charge in [-0.1, -0.05) is 12.8 Å². The maximum Gasteiger partial charge on any atom is 0.305 e. The van der Waals surface area contributed by atoms with Gasteiger partial charge in [-0.2, -0.15) is 0 Å². The standard InChI is InChI=1S/C15H18FNO3/c1-10-8-11(4-5-12(10)16)14(20)17-15(9-13(18)19)6-2-3-7-15/h4-5,8H,2-3,6-7,9H2,1H3,(H,17,20)(H,18,19). The number of benzene rings is 1. The lowest BCUT2D eigenvalue weighted by Crippen LogP contribution is -2.47. The van der Waals surface area contributed by atoms with Gasteiger partial charge in [0.05, 0.1) is 12.0 Å². The van der Waals surface area contributed by atoms with Crippen LogP contribution in [0.2, 0.25) is 0 Å². The van der Waals surface area contributed by atoms with Crippen LogP contribution in [0.3, 0.4) is 0 Å². The average molecular weight is 279 g/mol. The van der Waals surface area contributed by atoms with Crippen LogP contribution in [0.25, 0.3) is 0 Å². The molecule has 2 N–H and O–H groups in total. The second-order valence-electron chi connectivity index (χ2n) is 5.48. The molecule has 1 amide bonds. The molecule has 0 bridgehead atoms. The summed E-state index contributed by atoms with van der Waals surface area (Å²) < 4.78 is 13.2. The topological polar surface area (TPSA) is 66.4 Å². The van der Waals surface area contributed by atoms with Crippen molar-refractivity contribution in [2.24, 2.45) is 0 Å². The van der Waals surface area contributed by atoms with Crippen molar-refractivity contribution >= 4 is 11.9 Å². The number of carbonyl (C=O) groups is 2. The summed E-state index contributed by atoms with van der Waals surface area (Å²) in [5.74, 6) is -1.61. The lowest BCUT2D eigenvalue weighted by molar-refractivity contribution is -0.138. The molecular weight excluding hydrogens is 261 g/mol. The highest BCUT2D eigenvalue weighted by molar-refractivity contribution is 5.95. The molecule has 0 spiro atoms. The van der Waals surface area contributed by atoms with E-state index in [0.717, 1.165) is 12.8 Å². The normalized spacial score (nSPS) is 16.9. The molecule has 108 valence electrons. The Hall–Kier alpha value is -1.91. The van der Waals surface area contributed by atoms with Gasteiger partial charge in [0, 0.05) is 5.56 Å². The average Bonchev–Trinajstić information content (AvgIpc) is 2.79. The molecule has 1 aliphatic rings. The third kappa shape index (κ3) is 3.15. The maximum atomic E-state index is 13.2. The monoisotopic (exact) mass is 279 g/mol. The van der Waals surface area contributed by atoms with Crippen molar-refractivity contribution in [2.75, 3.05) is 0 Å².